The SMILES string of the molecule is CCN(CC)c1ccc(CCC(=O)O)nn1. The van der Waals surface area contributed by atoms with Crippen LogP contribution in [0.15, 0.2) is 12.1 Å². The van der Waals surface area contributed by atoms with Crippen molar-refractivity contribution >= 4 is 11.8 Å². The standard InChI is InChI=1S/C11H17N3O2/c1-3-14(4-2)10-7-5-9(12-13-10)6-8-11(15)16/h5,7H,3-4,6,8H2,1-2H3,(H,15,16). The van der Waals surface area contributed by atoms with Crippen molar-refractivity contribution in [3.05, 3.63) is 17.8 Å². The molecule has 5 nitrogen and oxygen atoms in total. The Morgan fingerprint density at radius 3 is 2.44 bits per heavy atom. The molecule has 0 fully saturated rings. The summed E-state index contributed by atoms with van der Waals surface area (Å²) in [5, 5.41) is 16.6. The van der Waals surface area contributed by atoms with Crippen molar-refractivity contribution in [1.29, 1.82) is 0 Å². The van der Waals surface area contributed by atoms with Crippen LogP contribution >= 0.6 is 0 Å². The molecule has 0 aliphatic heterocycles. The number of aliphatic carboxylic acids is 1. The minimum absolute atomic E-state index is 0.0965. The van der Waals surface area contributed by atoms with Crippen LogP contribution in [-0.4, -0.2) is 34.4 Å². The van der Waals surface area contributed by atoms with Crippen LogP contribution < -0.4 is 4.90 Å². The summed E-state index contributed by atoms with van der Waals surface area (Å²) in [6.07, 6.45) is 0.528. The lowest BCUT2D eigenvalue weighted by molar-refractivity contribution is -0.136. The van der Waals surface area contributed by atoms with Gasteiger partial charge in [-0.25, -0.2) is 0 Å². The van der Waals surface area contributed by atoms with Gasteiger partial charge < -0.3 is 10.0 Å². The van der Waals surface area contributed by atoms with Crippen LogP contribution in [0, 0.1) is 0 Å². The smallest absolute Gasteiger partial charge is 0.303 e. The lowest BCUT2D eigenvalue weighted by Crippen LogP contribution is -2.23. The van der Waals surface area contributed by atoms with E-state index >= 15 is 0 Å². The number of carbonyl (C=O) groups is 1. The molecule has 1 aromatic rings. The second kappa shape index (κ2) is 6.05. The fourth-order valence-electron chi connectivity index (χ4n) is 1.44. The number of aromatic nitrogens is 2. The van der Waals surface area contributed by atoms with E-state index in [2.05, 4.69) is 28.9 Å². The van der Waals surface area contributed by atoms with E-state index in [4.69, 9.17) is 5.11 Å². The van der Waals surface area contributed by atoms with Gasteiger partial charge in [0.25, 0.3) is 0 Å². The van der Waals surface area contributed by atoms with E-state index in [1.54, 1.807) is 0 Å². The fraction of sp³-hybridized carbons (Fsp3) is 0.545. The number of anilines is 1. The monoisotopic (exact) mass is 223 g/mol. The molecule has 0 atom stereocenters. The molecule has 0 aromatic carbocycles. The van der Waals surface area contributed by atoms with Crippen molar-refractivity contribution in [2.24, 2.45) is 0 Å². The third-order valence-electron chi connectivity index (χ3n) is 2.39. The molecule has 5 heteroatoms. The van der Waals surface area contributed by atoms with Crippen LogP contribution in [-0.2, 0) is 11.2 Å². The summed E-state index contributed by atoms with van der Waals surface area (Å²) >= 11 is 0. The summed E-state index contributed by atoms with van der Waals surface area (Å²) in [6, 6.07) is 3.72. The van der Waals surface area contributed by atoms with Crippen LogP contribution in [0.2, 0.25) is 0 Å². The highest BCUT2D eigenvalue weighted by atomic mass is 16.4. The number of rotatable bonds is 6. The summed E-state index contributed by atoms with van der Waals surface area (Å²) in [6.45, 7) is 5.90. The van der Waals surface area contributed by atoms with Gasteiger partial charge in [-0.2, -0.15) is 5.10 Å². The zero-order chi connectivity index (χ0) is 12.0. The average Bonchev–Trinajstić information content (AvgIpc) is 2.29. The van der Waals surface area contributed by atoms with Gasteiger partial charge in [-0.15, -0.1) is 5.10 Å². The molecule has 0 radical (unpaired) electrons. The van der Waals surface area contributed by atoms with E-state index < -0.39 is 5.97 Å². The lowest BCUT2D eigenvalue weighted by Gasteiger charge is -2.18. The zero-order valence-corrected chi connectivity index (χ0v) is 9.68. The molecule has 1 aromatic heterocycles. The Hall–Kier alpha value is -1.65. The van der Waals surface area contributed by atoms with E-state index in [1.807, 2.05) is 12.1 Å². The lowest BCUT2D eigenvalue weighted by atomic mass is 10.2. The van der Waals surface area contributed by atoms with Crippen LogP contribution in [0.3, 0.4) is 0 Å². The molecule has 0 aliphatic rings. The van der Waals surface area contributed by atoms with Crippen molar-refractivity contribution in [2.45, 2.75) is 26.7 Å². The molecule has 1 rings (SSSR count). The highest BCUT2D eigenvalue weighted by Crippen LogP contribution is 2.09. The minimum atomic E-state index is -0.811. The van der Waals surface area contributed by atoms with Crippen LogP contribution in [0.25, 0.3) is 0 Å². The molecular formula is C11H17N3O2. The van der Waals surface area contributed by atoms with Crippen molar-refractivity contribution in [2.75, 3.05) is 18.0 Å². The molecular weight excluding hydrogens is 206 g/mol. The first-order chi connectivity index (χ1) is 7.67. The predicted molar refractivity (Wildman–Crippen MR) is 61.5 cm³/mol. The number of aryl methyl sites for hydroxylation is 1. The Bertz CT molecular complexity index is 334. The molecule has 16 heavy (non-hydrogen) atoms. The molecule has 0 saturated heterocycles. The Balaban J connectivity index is 2.63. The van der Waals surface area contributed by atoms with Gasteiger partial charge in [-0.1, -0.05) is 0 Å². The van der Waals surface area contributed by atoms with Gasteiger partial charge >= 0.3 is 5.97 Å². The molecule has 1 N–H and O–H groups in total. The first-order valence-corrected chi connectivity index (χ1v) is 5.46. The number of carboxylic acid groups (broad SMARTS) is 1. The van der Waals surface area contributed by atoms with Gasteiger partial charge in [0.05, 0.1) is 12.1 Å². The summed E-state index contributed by atoms with van der Waals surface area (Å²) in [5.74, 6) is 0.0266. The molecule has 0 amide bonds. The predicted octanol–water partition coefficient (Wildman–Crippen LogP) is 1.34. The van der Waals surface area contributed by atoms with Crippen molar-refractivity contribution in [3.63, 3.8) is 0 Å². The van der Waals surface area contributed by atoms with E-state index in [0.29, 0.717) is 6.42 Å². The second-order valence-electron chi connectivity index (χ2n) is 3.45. The Morgan fingerprint density at radius 2 is 2.00 bits per heavy atom. The van der Waals surface area contributed by atoms with Crippen LogP contribution in [0.4, 0.5) is 5.82 Å². The number of hydrogen-bond acceptors (Lipinski definition) is 4. The largest absolute Gasteiger partial charge is 0.481 e. The molecule has 1 heterocycles. The Morgan fingerprint density at radius 1 is 1.31 bits per heavy atom. The van der Waals surface area contributed by atoms with E-state index in [-0.39, 0.29) is 6.42 Å². The highest BCUT2D eigenvalue weighted by Gasteiger charge is 2.05. The van der Waals surface area contributed by atoms with Gasteiger partial charge in [-0.05, 0) is 26.0 Å². The Kier molecular flexibility index (Phi) is 4.69. The maximum Gasteiger partial charge on any atom is 0.303 e. The molecule has 0 bridgehead atoms. The summed E-state index contributed by atoms with van der Waals surface area (Å²) in [5.41, 5.74) is 0.721. The summed E-state index contributed by atoms with van der Waals surface area (Å²) < 4.78 is 0. The first-order valence-electron chi connectivity index (χ1n) is 5.46. The zero-order valence-electron chi connectivity index (χ0n) is 9.68. The van der Waals surface area contributed by atoms with Crippen molar-refractivity contribution in [3.8, 4) is 0 Å². The first kappa shape index (κ1) is 12.4. The molecule has 0 spiro atoms. The van der Waals surface area contributed by atoms with E-state index in [1.165, 1.54) is 0 Å². The van der Waals surface area contributed by atoms with Crippen LogP contribution in [0.1, 0.15) is 26.0 Å². The topological polar surface area (TPSA) is 66.3 Å². The van der Waals surface area contributed by atoms with Gasteiger partial charge in [-0.3, -0.25) is 4.79 Å². The van der Waals surface area contributed by atoms with Gasteiger partial charge in [0, 0.05) is 19.5 Å². The normalized spacial score (nSPS) is 10.1. The third-order valence-corrected chi connectivity index (χ3v) is 2.39. The number of hydrogen-bond donors (Lipinski definition) is 1. The van der Waals surface area contributed by atoms with Crippen molar-refractivity contribution in [1.82, 2.24) is 10.2 Å². The molecule has 0 saturated carbocycles. The summed E-state index contributed by atoms with van der Waals surface area (Å²) in [7, 11) is 0. The Labute approximate surface area is 95.1 Å². The number of carboxylic acids is 1. The average molecular weight is 223 g/mol. The fourth-order valence-corrected chi connectivity index (χ4v) is 1.44. The minimum Gasteiger partial charge on any atom is -0.481 e. The van der Waals surface area contributed by atoms with Crippen LogP contribution in [0.5, 0.6) is 0 Å². The third kappa shape index (κ3) is 3.49. The second-order valence-corrected chi connectivity index (χ2v) is 3.45. The molecule has 88 valence electrons. The molecule has 0 unspecified atom stereocenters. The highest BCUT2D eigenvalue weighted by molar-refractivity contribution is 5.66. The molecule has 0 aliphatic carbocycles. The van der Waals surface area contributed by atoms with Gasteiger partial charge in [0.15, 0.2) is 5.82 Å². The quantitative estimate of drug-likeness (QED) is 0.788. The van der Waals surface area contributed by atoms with Crippen molar-refractivity contribution < 1.29 is 9.90 Å². The summed E-state index contributed by atoms with van der Waals surface area (Å²) in [4.78, 5) is 12.5. The van der Waals surface area contributed by atoms with Gasteiger partial charge in [0.2, 0.25) is 0 Å². The van der Waals surface area contributed by atoms with Gasteiger partial charge in [0.1, 0.15) is 0 Å². The maximum absolute atomic E-state index is 10.4. The van der Waals surface area contributed by atoms with E-state index in [9.17, 15) is 4.79 Å². The number of nitrogens with zero attached hydrogens (tertiary/aromatic N) is 3. The van der Waals surface area contributed by atoms with E-state index in [0.717, 1.165) is 24.6 Å². The maximum atomic E-state index is 10.4.